The molecule has 0 aliphatic carbocycles. The zero-order valence-corrected chi connectivity index (χ0v) is 76.8. The normalized spacial score (nSPS) is 12.8. The van der Waals surface area contributed by atoms with E-state index in [1.165, 1.54) is 438 Å². The van der Waals surface area contributed by atoms with Gasteiger partial charge >= 0.3 is 0 Å². The summed E-state index contributed by atoms with van der Waals surface area (Å²) in [5.41, 5.74) is 2.95. The van der Waals surface area contributed by atoms with Gasteiger partial charge in [-0.3, -0.25) is 7.32 Å². The molecule has 0 aliphatic heterocycles. The van der Waals surface area contributed by atoms with E-state index in [1.807, 2.05) is 0 Å². The summed E-state index contributed by atoms with van der Waals surface area (Å²) in [6.07, 6.45) is 80.0. The molecule has 0 heterocycles. The van der Waals surface area contributed by atoms with E-state index in [2.05, 4.69) is 166 Å². The minimum Gasteiger partial charge on any atom is -0.907 e. The number of quaternary nitrogens is 3. The van der Waals surface area contributed by atoms with Crippen molar-refractivity contribution in [3.8, 4) is 0 Å². The average Bonchev–Trinajstić information content (AvgIpc) is 0.741. The first-order chi connectivity index (χ1) is 49.7. The van der Waals surface area contributed by atoms with E-state index in [0.717, 1.165) is 0 Å². The zero-order chi connectivity index (χ0) is 78.7. The van der Waals surface area contributed by atoms with Gasteiger partial charge in [-0.05, 0) is 154 Å². The molecule has 0 radical (unpaired) electrons. The fraction of sp³-hybridized carbons (Fsp3) is 1.00. The highest BCUT2D eigenvalue weighted by Gasteiger charge is 2.63. The molecule has 0 saturated heterocycles. The molecule has 6 nitrogen and oxygen atoms in total. The van der Waals surface area contributed by atoms with E-state index in [9.17, 15) is 0 Å². The predicted molar refractivity (Wildman–Crippen MR) is 465 cm³/mol. The molecule has 0 aliphatic rings. The van der Waals surface area contributed by atoms with Crippen molar-refractivity contribution in [2.45, 2.75) is 549 Å². The molecule has 0 amide bonds. The van der Waals surface area contributed by atoms with Crippen molar-refractivity contribution >= 4 is 7.32 Å². The number of hydrogen-bond acceptors (Lipinski definition) is 3. The van der Waals surface area contributed by atoms with Crippen LogP contribution < -0.4 is 15.1 Å². The highest BCUT2D eigenvalue weighted by Crippen LogP contribution is 2.60. The molecule has 0 saturated carbocycles. The Morgan fingerprint density at radius 3 is 0.350 bits per heavy atom. The van der Waals surface area contributed by atoms with Gasteiger partial charge in [0.1, 0.15) is 16.6 Å². The number of rotatable bonds is 72. The summed E-state index contributed by atoms with van der Waals surface area (Å²) in [6.45, 7) is 71.7. The maximum absolute atomic E-state index is 8.42. The van der Waals surface area contributed by atoms with Crippen LogP contribution in [0.2, 0.25) is 0 Å². The van der Waals surface area contributed by atoms with E-state index in [1.54, 1.807) is 0 Å². The summed E-state index contributed by atoms with van der Waals surface area (Å²) >= 11 is 0. The van der Waals surface area contributed by atoms with Gasteiger partial charge in [0.2, 0.25) is 0 Å². The Kier molecular flexibility index (Phi) is 72.7. The average molecular weight is 1460 g/mol. The van der Waals surface area contributed by atoms with Crippen LogP contribution in [0.25, 0.3) is 0 Å². The van der Waals surface area contributed by atoms with Crippen LogP contribution in [-0.4, -0.2) is 96.3 Å². The van der Waals surface area contributed by atoms with Crippen LogP contribution in [0, 0.1) is 16.2 Å². The van der Waals surface area contributed by atoms with E-state index < -0.39 is 7.32 Å². The molecule has 7 heteroatoms. The molecular weight excluding hydrogens is 1250 g/mol. The standard InChI is InChI=1S/3C32H68N.BO3/c3*1-9-17-24-31(16-8,25-18-10-2)32(26-19-11-3,27-20-12-4)33(28-21-13-5,29-22-14-6)30-23-15-7;2-1(3)4/h3*9-30H2,1-8H3;/q3*+1;-3. The first-order valence-corrected chi connectivity index (χ1v) is 48.2. The Morgan fingerprint density at radius 2 is 0.262 bits per heavy atom. The maximum atomic E-state index is 8.42. The fourth-order valence-corrected chi connectivity index (χ4v) is 21.7. The Hall–Kier alpha value is -0.175. The Balaban J connectivity index is -0.000000694. The SMILES string of the molecule is CCCCC(CC)(CCCC)C(CCCC)(CCCC)[N+](CCCC)(CCCC)CCCC.CCCCC(CC)(CCCC)C(CCCC)(CCCC)[N+](CCCC)(CCCC)CCCC.CCCCC(CC)(CCCC)C(CCCC)(CCCC)[N+](CCCC)(CCCC)CCCC.[O-]B([O-])[O-]. The lowest BCUT2D eigenvalue weighted by molar-refractivity contribution is -0.987. The second-order valence-corrected chi connectivity index (χ2v) is 34.7. The van der Waals surface area contributed by atoms with Crippen LogP contribution in [0.15, 0.2) is 0 Å². The molecule has 0 aromatic rings. The summed E-state index contributed by atoms with van der Waals surface area (Å²) in [6, 6.07) is 0. The molecule has 0 aromatic heterocycles. The van der Waals surface area contributed by atoms with E-state index in [4.69, 9.17) is 15.1 Å². The van der Waals surface area contributed by atoms with Crippen LogP contribution >= 0.6 is 0 Å². The number of hydrogen-bond donors (Lipinski definition) is 0. The minimum atomic E-state index is -2.92. The molecule has 0 spiro atoms. The first kappa shape index (κ1) is 109. The molecule has 0 bridgehead atoms. The molecule has 0 rings (SSSR count). The van der Waals surface area contributed by atoms with E-state index in [0.29, 0.717) is 32.9 Å². The molecule has 103 heavy (non-hydrogen) atoms. The van der Waals surface area contributed by atoms with Gasteiger partial charge in [-0.15, -0.1) is 0 Å². The van der Waals surface area contributed by atoms with Gasteiger partial charge in [0, 0.05) is 54.8 Å². The smallest absolute Gasteiger partial charge is 0.105 e. The van der Waals surface area contributed by atoms with Crippen molar-refractivity contribution in [3.05, 3.63) is 0 Å². The van der Waals surface area contributed by atoms with Gasteiger partial charge in [0.25, 0.3) is 0 Å². The fourth-order valence-electron chi connectivity index (χ4n) is 21.7. The Morgan fingerprint density at radius 1 is 0.165 bits per heavy atom. The maximum Gasteiger partial charge on any atom is 0.105 e. The largest absolute Gasteiger partial charge is 0.907 e. The van der Waals surface area contributed by atoms with E-state index >= 15 is 0 Å². The van der Waals surface area contributed by atoms with Gasteiger partial charge in [0.05, 0.1) is 58.9 Å². The molecule has 0 fully saturated rings. The van der Waals surface area contributed by atoms with Crippen LogP contribution in [-0.2, 0) is 0 Å². The van der Waals surface area contributed by atoms with E-state index in [-0.39, 0.29) is 0 Å². The van der Waals surface area contributed by atoms with Gasteiger partial charge in [-0.25, -0.2) is 0 Å². The van der Waals surface area contributed by atoms with Gasteiger partial charge in [-0.1, -0.05) is 340 Å². The summed E-state index contributed by atoms with van der Waals surface area (Å²) in [5, 5.41) is 25.2. The number of unbranched alkanes of at least 4 members (excludes halogenated alkanes) is 21. The monoisotopic (exact) mass is 1460 g/mol. The quantitative estimate of drug-likeness (QED) is 0.0450. The van der Waals surface area contributed by atoms with Gasteiger partial charge < -0.3 is 28.5 Å². The Bertz CT molecular complexity index is 1430. The molecule has 0 aromatic carbocycles. The summed E-state index contributed by atoms with van der Waals surface area (Å²) in [4.78, 5) is 0. The zero-order valence-electron chi connectivity index (χ0n) is 76.8. The van der Waals surface area contributed by atoms with Crippen LogP contribution in [0.1, 0.15) is 532 Å². The second kappa shape index (κ2) is 68.6. The third-order valence-corrected chi connectivity index (χ3v) is 27.9. The van der Waals surface area contributed by atoms with Crippen molar-refractivity contribution in [2.75, 3.05) is 58.9 Å². The molecule has 0 atom stereocenters. The third-order valence-electron chi connectivity index (χ3n) is 27.9. The van der Waals surface area contributed by atoms with Gasteiger partial charge in [-0.2, -0.15) is 0 Å². The summed E-state index contributed by atoms with van der Waals surface area (Å²) in [7, 11) is -2.92. The van der Waals surface area contributed by atoms with Crippen LogP contribution in [0.5, 0.6) is 0 Å². The van der Waals surface area contributed by atoms with Crippen molar-refractivity contribution in [3.63, 3.8) is 0 Å². The van der Waals surface area contributed by atoms with Crippen molar-refractivity contribution in [1.82, 2.24) is 0 Å². The molecule has 624 valence electrons. The molecular formula is C96H204BN3O3. The minimum absolute atomic E-state index is 0.470. The lowest BCUT2D eigenvalue weighted by Gasteiger charge is -2.63. The van der Waals surface area contributed by atoms with Gasteiger partial charge in [0.15, 0.2) is 0 Å². The molecule has 0 unspecified atom stereocenters. The summed E-state index contributed by atoms with van der Waals surface area (Å²) in [5.74, 6) is 0. The van der Waals surface area contributed by atoms with Crippen molar-refractivity contribution in [1.29, 1.82) is 0 Å². The lowest BCUT2D eigenvalue weighted by Crippen LogP contribution is -2.72. The topological polar surface area (TPSA) is 69.2 Å². The first-order valence-electron chi connectivity index (χ1n) is 48.2. The predicted octanol–water partition coefficient (Wildman–Crippen LogP) is 29.4. The second-order valence-electron chi connectivity index (χ2n) is 34.7. The highest BCUT2D eigenvalue weighted by molar-refractivity contribution is 6.24. The van der Waals surface area contributed by atoms with Crippen molar-refractivity contribution < 1.29 is 28.5 Å². The molecule has 0 N–H and O–H groups in total. The van der Waals surface area contributed by atoms with Crippen LogP contribution in [0.3, 0.4) is 0 Å². The lowest BCUT2D eigenvalue weighted by atomic mass is 9.56. The van der Waals surface area contributed by atoms with Crippen LogP contribution in [0.4, 0.5) is 0 Å². The third kappa shape index (κ3) is 36.0. The Labute approximate surface area is 656 Å². The highest BCUT2D eigenvalue weighted by atomic mass is 16.5. The number of nitrogens with zero attached hydrogens (tertiary/aromatic N) is 3. The summed E-state index contributed by atoms with van der Waals surface area (Å²) < 4.78 is 4.39. The van der Waals surface area contributed by atoms with Crippen molar-refractivity contribution in [2.24, 2.45) is 16.2 Å².